The van der Waals surface area contributed by atoms with E-state index < -0.39 is 29.9 Å². The zero-order valence-electron chi connectivity index (χ0n) is 15.5. The molecule has 0 saturated heterocycles. The molecule has 0 spiro atoms. The van der Waals surface area contributed by atoms with Gasteiger partial charge in [-0.3, -0.25) is 0 Å². The normalized spacial score (nSPS) is 12.8. The molecule has 0 heterocycles. The van der Waals surface area contributed by atoms with Gasteiger partial charge in [0.1, 0.15) is 18.3 Å². The van der Waals surface area contributed by atoms with Crippen molar-refractivity contribution in [3.05, 3.63) is 35.9 Å². The minimum absolute atomic E-state index is 0.0668. The number of benzene rings is 1. The second kappa shape index (κ2) is 10.3. The molecule has 1 aromatic carbocycles. The lowest BCUT2D eigenvalue weighted by molar-refractivity contribution is 0.0456. The van der Waals surface area contributed by atoms with Gasteiger partial charge in [-0.05, 0) is 33.3 Å². The molecule has 7 heteroatoms. The molecule has 26 heavy (non-hydrogen) atoms. The lowest BCUT2D eigenvalue weighted by atomic mass is 10.1. The molecule has 7 nitrogen and oxygen atoms in total. The molecule has 2 amide bonds. The van der Waals surface area contributed by atoms with Gasteiger partial charge in [-0.1, -0.05) is 36.3 Å². The van der Waals surface area contributed by atoms with Gasteiger partial charge in [-0.25, -0.2) is 9.59 Å². The molecule has 0 bridgehead atoms. The third kappa shape index (κ3) is 8.94. The van der Waals surface area contributed by atoms with Gasteiger partial charge in [0, 0.05) is 6.54 Å². The number of nitrogens with one attached hydrogen (secondary N) is 2. The molecule has 2 atom stereocenters. The lowest BCUT2D eigenvalue weighted by Crippen LogP contribution is -2.51. The highest BCUT2D eigenvalue weighted by molar-refractivity contribution is 5.69. The fourth-order valence-electron chi connectivity index (χ4n) is 1.92. The maximum atomic E-state index is 11.9. The van der Waals surface area contributed by atoms with Gasteiger partial charge in [0.25, 0.3) is 0 Å². The van der Waals surface area contributed by atoms with Gasteiger partial charge in [-0.15, -0.1) is 5.92 Å². The van der Waals surface area contributed by atoms with Gasteiger partial charge in [-0.2, -0.15) is 0 Å². The summed E-state index contributed by atoms with van der Waals surface area (Å²) in [5, 5.41) is 15.0. The first-order valence-electron chi connectivity index (χ1n) is 8.25. The average molecular weight is 362 g/mol. The van der Waals surface area contributed by atoms with E-state index in [1.807, 2.05) is 30.3 Å². The summed E-state index contributed by atoms with van der Waals surface area (Å²) >= 11 is 0. The van der Waals surface area contributed by atoms with Crippen molar-refractivity contribution in [2.24, 2.45) is 0 Å². The Morgan fingerprint density at radius 3 is 2.42 bits per heavy atom. The smallest absolute Gasteiger partial charge is 0.408 e. The number of alkyl carbamates (subject to hydrolysis) is 2. The number of amides is 2. The summed E-state index contributed by atoms with van der Waals surface area (Å²) in [6.07, 6.45) is -2.54. The van der Waals surface area contributed by atoms with Gasteiger partial charge in [0.15, 0.2) is 0 Å². The molecule has 0 aromatic heterocycles. The predicted octanol–water partition coefficient (Wildman–Crippen LogP) is 2.19. The quantitative estimate of drug-likeness (QED) is 0.674. The number of carbonyl (C=O) groups is 2. The van der Waals surface area contributed by atoms with Crippen molar-refractivity contribution in [1.29, 1.82) is 0 Å². The van der Waals surface area contributed by atoms with Crippen LogP contribution >= 0.6 is 0 Å². The zero-order chi connectivity index (χ0) is 19.6. The fourth-order valence-corrected chi connectivity index (χ4v) is 1.92. The van der Waals surface area contributed by atoms with E-state index in [4.69, 9.17) is 9.47 Å². The van der Waals surface area contributed by atoms with Crippen molar-refractivity contribution in [1.82, 2.24) is 10.6 Å². The molecule has 0 radical (unpaired) electrons. The molecule has 0 fully saturated rings. The monoisotopic (exact) mass is 362 g/mol. The SMILES string of the molecule is CC#C[C@H](O)[C@H](CNC(=O)OCc1ccccc1)NC(=O)OC(C)(C)C. The van der Waals surface area contributed by atoms with Crippen LogP contribution in [0.2, 0.25) is 0 Å². The van der Waals surface area contributed by atoms with Crippen LogP contribution in [0.1, 0.15) is 33.3 Å². The molecule has 142 valence electrons. The predicted molar refractivity (Wildman–Crippen MR) is 97.2 cm³/mol. The lowest BCUT2D eigenvalue weighted by Gasteiger charge is -2.25. The number of hydrogen-bond acceptors (Lipinski definition) is 5. The Morgan fingerprint density at radius 2 is 1.85 bits per heavy atom. The van der Waals surface area contributed by atoms with E-state index in [2.05, 4.69) is 22.5 Å². The first-order valence-corrected chi connectivity index (χ1v) is 8.25. The van der Waals surface area contributed by atoms with Crippen LogP contribution in [0.25, 0.3) is 0 Å². The van der Waals surface area contributed by atoms with Crippen LogP contribution in [-0.2, 0) is 16.1 Å². The van der Waals surface area contributed by atoms with E-state index in [9.17, 15) is 14.7 Å². The van der Waals surface area contributed by atoms with E-state index in [0.717, 1.165) is 5.56 Å². The molecule has 1 rings (SSSR count). The summed E-state index contributed by atoms with van der Waals surface area (Å²) < 4.78 is 10.2. The first kappa shape index (κ1) is 21.3. The Bertz CT molecular complexity index is 643. The van der Waals surface area contributed by atoms with Crippen molar-refractivity contribution in [2.75, 3.05) is 6.54 Å². The van der Waals surface area contributed by atoms with Crippen molar-refractivity contribution < 1.29 is 24.2 Å². The fraction of sp³-hybridized carbons (Fsp3) is 0.474. The third-order valence-electron chi connectivity index (χ3n) is 3.05. The molecule has 0 unspecified atom stereocenters. The van der Waals surface area contributed by atoms with Crippen molar-refractivity contribution in [2.45, 2.75) is 52.0 Å². The third-order valence-corrected chi connectivity index (χ3v) is 3.05. The zero-order valence-corrected chi connectivity index (χ0v) is 15.5. The summed E-state index contributed by atoms with van der Waals surface area (Å²) in [5.74, 6) is 5.11. The number of ether oxygens (including phenoxy) is 2. The van der Waals surface area contributed by atoms with Crippen molar-refractivity contribution in [3.8, 4) is 11.8 Å². The van der Waals surface area contributed by atoms with Crippen LogP contribution in [0, 0.1) is 11.8 Å². The van der Waals surface area contributed by atoms with Crippen LogP contribution in [0.3, 0.4) is 0 Å². The Labute approximate surface area is 154 Å². The topological polar surface area (TPSA) is 96.9 Å². The largest absolute Gasteiger partial charge is 0.445 e. The van der Waals surface area contributed by atoms with Crippen LogP contribution in [0.4, 0.5) is 9.59 Å². The van der Waals surface area contributed by atoms with E-state index in [1.54, 1.807) is 27.7 Å². The maximum Gasteiger partial charge on any atom is 0.408 e. The number of carbonyl (C=O) groups excluding carboxylic acids is 2. The summed E-state index contributed by atoms with van der Waals surface area (Å²) in [7, 11) is 0. The Hall–Kier alpha value is -2.72. The summed E-state index contributed by atoms with van der Waals surface area (Å²) in [5.41, 5.74) is 0.167. The average Bonchev–Trinajstić information content (AvgIpc) is 2.56. The van der Waals surface area contributed by atoms with Crippen LogP contribution in [0.15, 0.2) is 30.3 Å². The molecule has 0 aliphatic rings. The molecule has 0 aliphatic heterocycles. The number of aliphatic hydroxyl groups excluding tert-OH is 1. The van der Waals surface area contributed by atoms with Crippen LogP contribution in [-0.4, -0.2) is 41.6 Å². The van der Waals surface area contributed by atoms with E-state index >= 15 is 0 Å². The Kier molecular flexibility index (Phi) is 8.46. The second-order valence-corrected chi connectivity index (χ2v) is 6.53. The minimum Gasteiger partial charge on any atom is -0.445 e. The van der Waals surface area contributed by atoms with Gasteiger partial charge >= 0.3 is 12.2 Å². The maximum absolute atomic E-state index is 11.9. The Balaban J connectivity index is 2.54. The molecular formula is C19H26N2O5. The second-order valence-electron chi connectivity index (χ2n) is 6.53. The van der Waals surface area contributed by atoms with Crippen LogP contribution in [0.5, 0.6) is 0 Å². The molecule has 3 N–H and O–H groups in total. The van der Waals surface area contributed by atoms with E-state index in [-0.39, 0.29) is 13.2 Å². The van der Waals surface area contributed by atoms with Crippen molar-refractivity contribution in [3.63, 3.8) is 0 Å². The summed E-state index contributed by atoms with van der Waals surface area (Å²) in [4.78, 5) is 23.7. The molecule has 0 aliphatic carbocycles. The highest BCUT2D eigenvalue weighted by Gasteiger charge is 2.24. The first-order chi connectivity index (χ1) is 12.2. The number of aliphatic hydroxyl groups is 1. The molecule has 0 saturated carbocycles. The van der Waals surface area contributed by atoms with Gasteiger partial charge in [0.05, 0.1) is 6.04 Å². The van der Waals surface area contributed by atoms with Crippen LogP contribution < -0.4 is 10.6 Å². The summed E-state index contributed by atoms with van der Waals surface area (Å²) in [6.45, 7) is 6.79. The molecule has 1 aromatic rings. The number of hydrogen-bond donors (Lipinski definition) is 3. The standard InChI is InChI=1S/C19H26N2O5/c1-5-9-16(22)15(21-18(24)26-19(2,3)4)12-20-17(23)25-13-14-10-7-6-8-11-14/h6-8,10-11,15-16,22H,12-13H2,1-4H3,(H,20,23)(H,21,24)/t15-,16-/m0/s1. The highest BCUT2D eigenvalue weighted by Crippen LogP contribution is 2.07. The molecular weight excluding hydrogens is 336 g/mol. The Morgan fingerprint density at radius 1 is 1.19 bits per heavy atom. The van der Waals surface area contributed by atoms with Gasteiger partial charge < -0.3 is 25.2 Å². The van der Waals surface area contributed by atoms with E-state index in [1.165, 1.54) is 0 Å². The minimum atomic E-state index is -1.16. The summed E-state index contributed by atoms with van der Waals surface area (Å²) in [6, 6.07) is 8.38. The van der Waals surface area contributed by atoms with Crippen molar-refractivity contribution >= 4 is 12.2 Å². The number of rotatable bonds is 6. The highest BCUT2D eigenvalue weighted by atomic mass is 16.6. The van der Waals surface area contributed by atoms with Gasteiger partial charge in [0.2, 0.25) is 0 Å². The van der Waals surface area contributed by atoms with E-state index in [0.29, 0.717) is 0 Å².